The number of fused-ring (bicyclic) bond motifs is 9. The lowest BCUT2D eigenvalue weighted by molar-refractivity contribution is 0.660. The van der Waals surface area contributed by atoms with E-state index in [2.05, 4.69) is 195 Å². The lowest BCUT2D eigenvalue weighted by atomic mass is 9.82. The minimum atomic E-state index is -0.0544. The molecule has 60 heavy (non-hydrogen) atoms. The standard InChI is InChI=1S/C57H39NO2/c1-57(2)50-18-7-3-13-44(50)49-34-39(27-33-51(49)57)42-12-4-8-19-52(42)58(40-28-22-36(23-29-40)38-26-32-47-45-14-5-9-20-53(45)59-55(47)35-38)41-30-24-37(25-31-41)43-16-11-17-48-46-15-6-10-21-54(46)60-56(43)48/h3-35H,1-2H3. The Balaban J connectivity index is 0.985. The molecule has 3 nitrogen and oxygen atoms in total. The molecule has 0 spiro atoms. The maximum Gasteiger partial charge on any atom is 0.143 e. The van der Waals surface area contributed by atoms with Gasteiger partial charge in [-0.05, 0) is 105 Å². The fraction of sp³-hybridized carbons (Fsp3) is 0.0526. The van der Waals surface area contributed by atoms with Crippen molar-refractivity contribution in [1.29, 1.82) is 0 Å². The summed E-state index contributed by atoms with van der Waals surface area (Å²) < 4.78 is 12.7. The van der Waals surface area contributed by atoms with Gasteiger partial charge in [0, 0.05) is 49.5 Å². The molecule has 11 aromatic rings. The number of benzene rings is 9. The summed E-state index contributed by atoms with van der Waals surface area (Å²) in [7, 11) is 0. The van der Waals surface area contributed by atoms with Gasteiger partial charge in [0.15, 0.2) is 0 Å². The van der Waals surface area contributed by atoms with Crippen LogP contribution in [0.25, 0.3) is 88.4 Å². The topological polar surface area (TPSA) is 29.5 Å². The van der Waals surface area contributed by atoms with E-state index in [1.165, 1.54) is 27.8 Å². The Morgan fingerprint density at radius 2 is 0.900 bits per heavy atom. The molecule has 1 aliphatic rings. The fourth-order valence-corrected chi connectivity index (χ4v) is 9.70. The molecule has 0 aliphatic heterocycles. The van der Waals surface area contributed by atoms with Crippen LogP contribution in [0.1, 0.15) is 25.0 Å². The van der Waals surface area contributed by atoms with Crippen molar-refractivity contribution in [2.45, 2.75) is 19.3 Å². The summed E-state index contributed by atoms with van der Waals surface area (Å²) in [6.45, 7) is 4.67. The molecule has 0 saturated heterocycles. The summed E-state index contributed by atoms with van der Waals surface area (Å²) in [5, 5.41) is 4.53. The van der Waals surface area contributed by atoms with Crippen molar-refractivity contribution < 1.29 is 8.83 Å². The number of para-hydroxylation sites is 4. The summed E-state index contributed by atoms with van der Waals surface area (Å²) in [6.07, 6.45) is 0. The maximum atomic E-state index is 6.46. The Bertz CT molecular complexity index is 3460. The number of hydrogen-bond donors (Lipinski definition) is 0. The molecule has 0 amide bonds. The number of furan rings is 2. The number of anilines is 3. The Labute approximate surface area is 348 Å². The van der Waals surface area contributed by atoms with Crippen LogP contribution in [0, 0.1) is 0 Å². The van der Waals surface area contributed by atoms with E-state index in [9.17, 15) is 0 Å². The largest absolute Gasteiger partial charge is 0.456 e. The Hall–Kier alpha value is -7.62. The molecular weight excluding hydrogens is 731 g/mol. The summed E-state index contributed by atoms with van der Waals surface area (Å²) in [5.74, 6) is 0. The van der Waals surface area contributed by atoms with Crippen LogP contribution < -0.4 is 4.90 Å². The van der Waals surface area contributed by atoms with Crippen molar-refractivity contribution in [2.24, 2.45) is 0 Å². The van der Waals surface area contributed by atoms with Crippen LogP contribution in [0.15, 0.2) is 209 Å². The van der Waals surface area contributed by atoms with Gasteiger partial charge in [0.2, 0.25) is 0 Å². The smallest absolute Gasteiger partial charge is 0.143 e. The van der Waals surface area contributed by atoms with Crippen LogP contribution in [-0.2, 0) is 5.41 Å². The first-order valence-electron chi connectivity index (χ1n) is 20.7. The molecule has 2 heterocycles. The van der Waals surface area contributed by atoms with Crippen molar-refractivity contribution in [1.82, 2.24) is 0 Å². The highest BCUT2D eigenvalue weighted by Crippen LogP contribution is 2.51. The SMILES string of the molecule is CC1(C)c2ccccc2-c2cc(-c3ccccc3N(c3ccc(-c4ccc5c(c4)oc4ccccc45)cc3)c3ccc(-c4cccc5c4oc4ccccc45)cc3)ccc21. The molecule has 0 unspecified atom stereocenters. The molecule has 0 fully saturated rings. The average molecular weight is 770 g/mol. The number of hydrogen-bond acceptors (Lipinski definition) is 3. The van der Waals surface area contributed by atoms with Gasteiger partial charge in [-0.2, -0.15) is 0 Å². The van der Waals surface area contributed by atoms with Gasteiger partial charge in [-0.1, -0.05) is 153 Å². The average Bonchev–Trinajstić information content (AvgIpc) is 3.94. The zero-order valence-corrected chi connectivity index (χ0v) is 33.3. The third-order valence-electron chi connectivity index (χ3n) is 12.7. The van der Waals surface area contributed by atoms with E-state index in [0.717, 1.165) is 88.8 Å². The van der Waals surface area contributed by atoms with Crippen LogP contribution >= 0.6 is 0 Å². The highest BCUT2D eigenvalue weighted by Gasteiger charge is 2.35. The van der Waals surface area contributed by atoms with Crippen molar-refractivity contribution in [3.05, 3.63) is 211 Å². The van der Waals surface area contributed by atoms with Crippen LogP contribution in [0.4, 0.5) is 17.1 Å². The Morgan fingerprint density at radius 1 is 0.350 bits per heavy atom. The normalized spacial score (nSPS) is 13.0. The Morgan fingerprint density at radius 3 is 1.68 bits per heavy atom. The molecule has 0 bridgehead atoms. The van der Waals surface area contributed by atoms with Crippen molar-refractivity contribution in [3.8, 4) is 44.5 Å². The van der Waals surface area contributed by atoms with Gasteiger partial charge < -0.3 is 13.7 Å². The number of rotatable bonds is 6. The van der Waals surface area contributed by atoms with E-state index < -0.39 is 0 Å². The minimum Gasteiger partial charge on any atom is -0.456 e. The minimum absolute atomic E-state index is 0.0544. The van der Waals surface area contributed by atoms with Gasteiger partial charge in [0.25, 0.3) is 0 Å². The van der Waals surface area contributed by atoms with E-state index in [1.807, 2.05) is 24.3 Å². The predicted molar refractivity (Wildman–Crippen MR) is 250 cm³/mol. The highest BCUT2D eigenvalue weighted by atomic mass is 16.3. The zero-order chi connectivity index (χ0) is 40.0. The van der Waals surface area contributed by atoms with E-state index in [0.29, 0.717) is 0 Å². The van der Waals surface area contributed by atoms with Crippen LogP contribution in [-0.4, -0.2) is 0 Å². The monoisotopic (exact) mass is 769 g/mol. The van der Waals surface area contributed by atoms with Gasteiger partial charge in [-0.15, -0.1) is 0 Å². The maximum absolute atomic E-state index is 6.46. The van der Waals surface area contributed by atoms with Crippen molar-refractivity contribution >= 4 is 60.9 Å². The van der Waals surface area contributed by atoms with Crippen LogP contribution in [0.2, 0.25) is 0 Å². The summed E-state index contributed by atoms with van der Waals surface area (Å²) in [6, 6.07) is 72.0. The first-order chi connectivity index (χ1) is 29.5. The second-order valence-electron chi connectivity index (χ2n) is 16.5. The first-order valence-corrected chi connectivity index (χ1v) is 20.7. The molecular formula is C57H39NO2. The van der Waals surface area contributed by atoms with E-state index >= 15 is 0 Å². The lowest BCUT2D eigenvalue weighted by Crippen LogP contribution is -2.14. The molecule has 284 valence electrons. The summed E-state index contributed by atoms with van der Waals surface area (Å²) in [5.41, 5.74) is 18.9. The lowest BCUT2D eigenvalue weighted by Gasteiger charge is -2.28. The first kappa shape index (κ1) is 34.4. The van der Waals surface area contributed by atoms with Gasteiger partial charge in [-0.25, -0.2) is 0 Å². The number of nitrogens with zero attached hydrogens (tertiary/aromatic N) is 1. The van der Waals surface area contributed by atoms with Gasteiger partial charge in [-0.3, -0.25) is 0 Å². The summed E-state index contributed by atoms with van der Waals surface area (Å²) in [4.78, 5) is 2.39. The van der Waals surface area contributed by atoms with Crippen LogP contribution in [0.5, 0.6) is 0 Å². The molecule has 1 aliphatic carbocycles. The molecule has 0 radical (unpaired) electrons. The molecule has 9 aromatic carbocycles. The van der Waals surface area contributed by atoms with E-state index in [4.69, 9.17) is 8.83 Å². The molecule has 0 N–H and O–H groups in total. The molecule has 2 aromatic heterocycles. The van der Waals surface area contributed by atoms with E-state index in [1.54, 1.807) is 0 Å². The van der Waals surface area contributed by atoms with Gasteiger partial charge >= 0.3 is 0 Å². The molecule has 12 rings (SSSR count). The van der Waals surface area contributed by atoms with Crippen molar-refractivity contribution in [3.63, 3.8) is 0 Å². The predicted octanol–water partition coefficient (Wildman–Crippen LogP) is 16.3. The zero-order valence-electron chi connectivity index (χ0n) is 33.3. The second kappa shape index (κ2) is 13.2. The van der Waals surface area contributed by atoms with Gasteiger partial charge in [0.05, 0.1) is 5.69 Å². The van der Waals surface area contributed by atoms with Gasteiger partial charge in [0.1, 0.15) is 22.3 Å². The molecule has 3 heteroatoms. The fourth-order valence-electron chi connectivity index (χ4n) is 9.70. The molecule has 0 saturated carbocycles. The van der Waals surface area contributed by atoms with E-state index in [-0.39, 0.29) is 5.41 Å². The summed E-state index contributed by atoms with van der Waals surface area (Å²) >= 11 is 0. The Kier molecular flexibility index (Phi) is 7.58. The quantitative estimate of drug-likeness (QED) is 0.169. The van der Waals surface area contributed by atoms with Crippen LogP contribution in [0.3, 0.4) is 0 Å². The highest BCUT2D eigenvalue weighted by molar-refractivity contribution is 6.10. The second-order valence-corrected chi connectivity index (χ2v) is 16.5. The molecule has 0 atom stereocenters. The van der Waals surface area contributed by atoms with Crippen molar-refractivity contribution in [2.75, 3.05) is 4.90 Å². The third kappa shape index (κ3) is 5.29. The third-order valence-corrected chi connectivity index (χ3v) is 12.7.